The number of fused-ring (bicyclic) bond motifs is 1. The van der Waals surface area contributed by atoms with E-state index in [9.17, 15) is 9.18 Å². The number of benzene rings is 2. The van der Waals surface area contributed by atoms with Crippen molar-refractivity contribution in [2.45, 2.75) is 12.8 Å². The molecule has 0 radical (unpaired) electrons. The van der Waals surface area contributed by atoms with Crippen LogP contribution < -0.4 is 11.1 Å². The molecule has 0 aliphatic heterocycles. The maximum atomic E-state index is 13.4. The first kappa shape index (κ1) is 17.7. The molecule has 2 heterocycles. The number of para-hydroxylation sites is 1. The number of amides is 1. The molecule has 4 N–H and O–H groups in total. The van der Waals surface area contributed by atoms with Crippen LogP contribution in [0.1, 0.15) is 18.4 Å². The zero-order valence-electron chi connectivity index (χ0n) is 15.2. The van der Waals surface area contributed by atoms with Gasteiger partial charge in [0.1, 0.15) is 11.6 Å². The van der Waals surface area contributed by atoms with E-state index in [1.54, 1.807) is 31.3 Å². The van der Waals surface area contributed by atoms with Crippen LogP contribution in [0.15, 0.2) is 67.0 Å². The van der Waals surface area contributed by atoms with Gasteiger partial charge in [0.15, 0.2) is 0 Å². The minimum Gasteiger partial charge on any atom is -0.398 e. The van der Waals surface area contributed by atoms with E-state index in [2.05, 4.69) is 15.3 Å². The molecule has 0 saturated carbocycles. The summed E-state index contributed by atoms with van der Waals surface area (Å²) in [5.74, 6) is -0.404. The summed E-state index contributed by atoms with van der Waals surface area (Å²) in [6, 6.07) is 15.6. The highest BCUT2D eigenvalue weighted by atomic mass is 19.1. The maximum absolute atomic E-state index is 13.4. The molecule has 4 aromatic rings. The highest BCUT2D eigenvalue weighted by Gasteiger charge is 2.18. The van der Waals surface area contributed by atoms with Crippen LogP contribution in [0, 0.1) is 5.82 Å². The number of pyridine rings is 1. The molecule has 2 aromatic heterocycles. The van der Waals surface area contributed by atoms with Crippen molar-refractivity contribution >= 4 is 28.3 Å². The lowest BCUT2D eigenvalue weighted by Gasteiger charge is -2.14. The van der Waals surface area contributed by atoms with Crippen molar-refractivity contribution in [3.05, 3.63) is 78.4 Å². The highest BCUT2D eigenvalue weighted by Crippen LogP contribution is 2.29. The zero-order chi connectivity index (χ0) is 19.7. The van der Waals surface area contributed by atoms with Crippen LogP contribution in [-0.2, 0) is 4.79 Å². The van der Waals surface area contributed by atoms with Crippen molar-refractivity contribution in [2.75, 3.05) is 11.1 Å². The van der Waals surface area contributed by atoms with Gasteiger partial charge in [0.05, 0.1) is 5.92 Å². The van der Waals surface area contributed by atoms with Gasteiger partial charge >= 0.3 is 0 Å². The lowest BCUT2D eigenvalue weighted by Crippen LogP contribution is -2.20. The van der Waals surface area contributed by atoms with Gasteiger partial charge < -0.3 is 16.0 Å². The Labute approximate surface area is 161 Å². The van der Waals surface area contributed by atoms with Crippen LogP contribution in [-0.4, -0.2) is 15.9 Å². The van der Waals surface area contributed by atoms with Gasteiger partial charge in [0.2, 0.25) is 5.91 Å². The van der Waals surface area contributed by atoms with E-state index in [0.29, 0.717) is 11.5 Å². The number of hydrogen-bond acceptors (Lipinski definition) is 3. The van der Waals surface area contributed by atoms with Gasteiger partial charge in [-0.2, -0.15) is 0 Å². The fourth-order valence-electron chi connectivity index (χ4n) is 3.25. The molecular weight excluding hydrogens is 355 g/mol. The second kappa shape index (κ2) is 7.15. The molecule has 28 heavy (non-hydrogen) atoms. The van der Waals surface area contributed by atoms with Gasteiger partial charge in [0.25, 0.3) is 0 Å². The molecule has 0 aliphatic rings. The minimum atomic E-state index is -0.397. The molecule has 0 spiro atoms. The molecule has 0 aliphatic carbocycles. The molecule has 1 unspecified atom stereocenters. The third-order valence-corrected chi connectivity index (χ3v) is 4.83. The van der Waals surface area contributed by atoms with E-state index in [1.165, 1.54) is 12.1 Å². The highest BCUT2D eigenvalue weighted by molar-refractivity contribution is 5.97. The fourth-order valence-corrected chi connectivity index (χ4v) is 3.25. The Balaban J connectivity index is 1.53. The number of carbonyl (C=O) groups excluding carboxylic acids is 1. The van der Waals surface area contributed by atoms with Crippen LogP contribution in [0.3, 0.4) is 0 Å². The van der Waals surface area contributed by atoms with Gasteiger partial charge in [-0.05, 0) is 48.9 Å². The summed E-state index contributed by atoms with van der Waals surface area (Å²) >= 11 is 0. The van der Waals surface area contributed by atoms with Crippen molar-refractivity contribution in [3.8, 4) is 11.1 Å². The number of anilines is 2. The monoisotopic (exact) mass is 374 g/mol. The van der Waals surface area contributed by atoms with Gasteiger partial charge in [-0.15, -0.1) is 0 Å². The summed E-state index contributed by atoms with van der Waals surface area (Å²) in [6.07, 6.45) is 3.50. The Morgan fingerprint density at radius 3 is 2.75 bits per heavy atom. The number of nitrogens with one attached hydrogen (secondary N) is 2. The molecule has 2 aromatic carbocycles. The quantitative estimate of drug-likeness (QED) is 0.453. The third-order valence-electron chi connectivity index (χ3n) is 4.83. The second-order valence-electron chi connectivity index (χ2n) is 6.66. The van der Waals surface area contributed by atoms with Crippen molar-refractivity contribution in [1.29, 1.82) is 0 Å². The van der Waals surface area contributed by atoms with Gasteiger partial charge in [0, 0.05) is 40.1 Å². The number of halogens is 1. The van der Waals surface area contributed by atoms with E-state index in [4.69, 9.17) is 5.73 Å². The van der Waals surface area contributed by atoms with E-state index in [-0.39, 0.29) is 11.7 Å². The van der Waals surface area contributed by atoms with Gasteiger partial charge in [-0.1, -0.05) is 18.2 Å². The number of nitrogen functional groups attached to an aromatic ring is 1. The Hall–Kier alpha value is -3.67. The number of rotatable bonds is 4. The molecule has 140 valence electrons. The number of nitrogens with two attached hydrogens (primary N) is 1. The van der Waals surface area contributed by atoms with Gasteiger partial charge in [-0.25, -0.2) is 9.37 Å². The van der Waals surface area contributed by atoms with Crippen LogP contribution >= 0.6 is 0 Å². The topological polar surface area (TPSA) is 83.8 Å². The van der Waals surface area contributed by atoms with Crippen LogP contribution in [0.2, 0.25) is 0 Å². The number of carbonyl (C=O) groups is 1. The largest absolute Gasteiger partial charge is 0.398 e. The molecule has 4 rings (SSSR count). The van der Waals surface area contributed by atoms with Crippen molar-refractivity contribution < 1.29 is 9.18 Å². The molecular formula is C22H19FN4O. The summed E-state index contributed by atoms with van der Waals surface area (Å²) in [5, 5.41) is 3.73. The normalized spacial score (nSPS) is 12.1. The molecule has 0 fully saturated rings. The summed E-state index contributed by atoms with van der Waals surface area (Å²) in [7, 11) is 0. The SMILES string of the molecule is CC(C(=O)Nc1ccc(-c2c[nH]c3cc(F)ccc23)cn1)c1ccccc1N. The second-order valence-corrected chi connectivity index (χ2v) is 6.66. The Morgan fingerprint density at radius 1 is 1.18 bits per heavy atom. The molecule has 1 amide bonds. The van der Waals surface area contributed by atoms with Crippen molar-refractivity contribution in [1.82, 2.24) is 9.97 Å². The molecule has 1 atom stereocenters. The Morgan fingerprint density at radius 2 is 2.00 bits per heavy atom. The Bertz CT molecular complexity index is 1150. The van der Waals surface area contributed by atoms with Crippen molar-refractivity contribution in [2.24, 2.45) is 0 Å². The van der Waals surface area contributed by atoms with E-state index in [0.717, 1.165) is 27.6 Å². The van der Waals surface area contributed by atoms with E-state index in [1.807, 2.05) is 30.5 Å². The van der Waals surface area contributed by atoms with E-state index < -0.39 is 5.92 Å². The number of nitrogens with zero attached hydrogens (tertiary/aromatic N) is 1. The zero-order valence-corrected chi connectivity index (χ0v) is 15.2. The summed E-state index contributed by atoms with van der Waals surface area (Å²) in [6.45, 7) is 1.81. The number of aromatic amines is 1. The minimum absolute atomic E-state index is 0.180. The summed E-state index contributed by atoms with van der Waals surface area (Å²) < 4.78 is 13.4. The lowest BCUT2D eigenvalue weighted by molar-refractivity contribution is -0.117. The predicted molar refractivity (Wildman–Crippen MR) is 109 cm³/mol. The fraction of sp³-hybridized carbons (Fsp3) is 0.0909. The van der Waals surface area contributed by atoms with Crippen molar-refractivity contribution in [3.63, 3.8) is 0 Å². The standard InChI is InChI=1S/C22H19FN4O/c1-13(16-4-2-3-5-19(16)24)22(28)27-21-9-6-14(11-26-21)18-12-25-20-10-15(23)7-8-17(18)20/h2-13,25H,24H2,1H3,(H,26,27,28). The number of H-pyrrole nitrogens is 1. The van der Waals surface area contributed by atoms with Crippen LogP contribution in [0.25, 0.3) is 22.0 Å². The Kier molecular flexibility index (Phi) is 4.53. The van der Waals surface area contributed by atoms with Gasteiger partial charge in [-0.3, -0.25) is 4.79 Å². The maximum Gasteiger partial charge on any atom is 0.232 e. The first-order chi connectivity index (χ1) is 13.5. The van der Waals surface area contributed by atoms with E-state index >= 15 is 0 Å². The first-order valence-electron chi connectivity index (χ1n) is 8.91. The predicted octanol–water partition coefficient (Wildman–Crippen LogP) is 4.69. The first-order valence-corrected chi connectivity index (χ1v) is 8.91. The summed E-state index contributed by atoms with van der Waals surface area (Å²) in [5.41, 5.74) is 9.84. The molecule has 6 heteroatoms. The average molecular weight is 374 g/mol. The third kappa shape index (κ3) is 3.32. The smallest absolute Gasteiger partial charge is 0.232 e. The lowest BCUT2D eigenvalue weighted by atomic mass is 9.98. The average Bonchev–Trinajstić information content (AvgIpc) is 3.11. The molecule has 0 bridgehead atoms. The van der Waals surface area contributed by atoms with Crippen LogP contribution in [0.5, 0.6) is 0 Å². The molecule has 0 saturated heterocycles. The van der Waals surface area contributed by atoms with Crippen LogP contribution in [0.4, 0.5) is 15.9 Å². The number of hydrogen-bond donors (Lipinski definition) is 3. The number of aromatic nitrogens is 2. The summed E-state index contributed by atoms with van der Waals surface area (Å²) in [4.78, 5) is 19.9. The molecule has 5 nitrogen and oxygen atoms in total.